The van der Waals surface area contributed by atoms with E-state index in [1.54, 1.807) is 12.1 Å². The summed E-state index contributed by atoms with van der Waals surface area (Å²) in [6.45, 7) is 2.40. The third kappa shape index (κ3) is 6.33. The predicted molar refractivity (Wildman–Crippen MR) is 114 cm³/mol. The number of nitrogens with zero attached hydrogens (tertiary/aromatic N) is 1. The molecule has 0 aliphatic carbocycles. The fourth-order valence-electron chi connectivity index (χ4n) is 3.92. The van der Waals surface area contributed by atoms with Gasteiger partial charge in [-0.3, -0.25) is 4.90 Å². The van der Waals surface area contributed by atoms with Gasteiger partial charge in [-0.15, -0.1) is 0 Å². The van der Waals surface area contributed by atoms with Crippen LogP contribution in [0.4, 0.5) is 4.39 Å². The van der Waals surface area contributed by atoms with Gasteiger partial charge in [0, 0.05) is 24.8 Å². The van der Waals surface area contributed by atoms with Gasteiger partial charge in [0.1, 0.15) is 5.82 Å². The van der Waals surface area contributed by atoms with Crippen LogP contribution < -0.4 is 0 Å². The summed E-state index contributed by atoms with van der Waals surface area (Å²) < 4.78 is 19.6. The van der Waals surface area contributed by atoms with Gasteiger partial charge in [0.15, 0.2) is 0 Å². The molecule has 1 aliphatic rings. The first kappa shape index (κ1) is 22.8. The number of rotatable bonds is 10. The van der Waals surface area contributed by atoms with Crippen LogP contribution in [0.1, 0.15) is 31.2 Å². The second-order valence-electron chi connectivity index (χ2n) is 7.99. The van der Waals surface area contributed by atoms with Crippen LogP contribution in [0, 0.1) is 5.82 Å². The van der Waals surface area contributed by atoms with Gasteiger partial charge in [-0.25, -0.2) is 4.39 Å². The number of piperidine rings is 1. The summed E-state index contributed by atoms with van der Waals surface area (Å²) in [6, 6.07) is 14.4. The SMILES string of the molecule is OC[C@H]1CC(O)[C@@H](O)CN1CCCCCOCc1ccc(-c2ccccc2F)cc1. The van der Waals surface area contributed by atoms with Crippen LogP contribution in [0.25, 0.3) is 11.1 Å². The Labute approximate surface area is 177 Å². The number of hydrogen-bond donors (Lipinski definition) is 3. The zero-order valence-corrected chi connectivity index (χ0v) is 17.3. The van der Waals surface area contributed by atoms with Gasteiger partial charge in [-0.1, -0.05) is 42.5 Å². The molecule has 0 aromatic heterocycles. The topological polar surface area (TPSA) is 73.2 Å². The summed E-state index contributed by atoms with van der Waals surface area (Å²) in [5.41, 5.74) is 2.51. The van der Waals surface area contributed by atoms with Gasteiger partial charge in [-0.2, -0.15) is 0 Å². The molecule has 0 amide bonds. The molecule has 6 heteroatoms. The third-order valence-electron chi connectivity index (χ3n) is 5.75. The normalized spacial score (nSPS) is 22.3. The molecule has 1 unspecified atom stereocenters. The summed E-state index contributed by atoms with van der Waals surface area (Å²) in [5, 5.41) is 29.0. The Morgan fingerprint density at radius 1 is 0.967 bits per heavy atom. The van der Waals surface area contributed by atoms with Crippen molar-refractivity contribution in [2.45, 2.75) is 50.5 Å². The zero-order chi connectivity index (χ0) is 21.3. The molecule has 0 bridgehead atoms. The molecule has 1 heterocycles. The van der Waals surface area contributed by atoms with Gasteiger partial charge in [0.25, 0.3) is 0 Å². The molecule has 1 aliphatic heterocycles. The molecule has 5 nitrogen and oxygen atoms in total. The van der Waals surface area contributed by atoms with Crippen molar-refractivity contribution in [2.75, 3.05) is 26.3 Å². The van der Waals surface area contributed by atoms with Crippen LogP contribution >= 0.6 is 0 Å². The van der Waals surface area contributed by atoms with Crippen molar-refractivity contribution in [1.82, 2.24) is 4.90 Å². The number of unbranched alkanes of at least 4 members (excludes halogenated alkanes) is 2. The van der Waals surface area contributed by atoms with Crippen molar-refractivity contribution < 1.29 is 24.4 Å². The average Bonchev–Trinajstić information content (AvgIpc) is 2.76. The number of hydrogen-bond acceptors (Lipinski definition) is 5. The minimum absolute atomic E-state index is 0.00257. The lowest BCUT2D eigenvalue weighted by molar-refractivity contribution is -0.0711. The monoisotopic (exact) mass is 417 g/mol. The second kappa shape index (κ2) is 11.5. The predicted octanol–water partition coefficient (Wildman–Crippen LogP) is 2.97. The van der Waals surface area contributed by atoms with Crippen LogP contribution in [0.3, 0.4) is 0 Å². The average molecular weight is 418 g/mol. The van der Waals surface area contributed by atoms with Gasteiger partial charge in [0.2, 0.25) is 0 Å². The van der Waals surface area contributed by atoms with E-state index in [9.17, 15) is 19.7 Å². The molecule has 164 valence electrons. The molecule has 1 fully saturated rings. The first-order valence-corrected chi connectivity index (χ1v) is 10.7. The lowest BCUT2D eigenvalue weighted by Crippen LogP contribution is -2.53. The highest BCUT2D eigenvalue weighted by atomic mass is 19.1. The van der Waals surface area contributed by atoms with Crippen LogP contribution in [0.15, 0.2) is 48.5 Å². The summed E-state index contributed by atoms with van der Waals surface area (Å²) in [5.74, 6) is -0.220. The maximum Gasteiger partial charge on any atom is 0.131 e. The molecule has 3 N–H and O–H groups in total. The smallest absolute Gasteiger partial charge is 0.131 e. The lowest BCUT2D eigenvalue weighted by atomic mass is 9.97. The summed E-state index contributed by atoms with van der Waals surface area (Å²) >= 11 is 0. The van der Waals surface area contributed by atoms with Gasteiger partial charge < -0.3 is 20.1 Å². The molecular weight excluding hydrogens is 385 g/mol. The molecule has 0 radical (unpaired) electrons. The van der Waals surface area contributed by atoms with Crippen molar-refractivity contribution in [3.05, 3.63) is 59.9 Å². The van der Waals surface area contributed by atoms with Crippen molar-refractivity contribution in [2.24, 2.45) is 0 Å². The number of likely N-dealkylation sites (tertiary alicyclic amines) is 1. The van der Waals surface area contributed by atoms with Crippen molar-refractivity contribution in [3.63, 3.8) is 0 Å². The maximum absolute atomic E-state index is 13.9. The molecule has 3 rings (SSSR count). The van der Waals surface area contributed by atoms with E-state index in [0.29, 0.717) is 31.7 Å². The van der Waals surface area contributed by atoms with E-state index in [-0.39, 0.29) is 18.5 Å². The molecule has 2 aromatic rings. The Kier molecular flexibility index (Phi) is 8.78. The minimum atomic E-state index is -0.743. The van der Waals surface area contributed by atoms with E-state index < -0.39 is 12.2 Å². The Balaban J connectivity index is 1.31. The molecule has 3 atom stereocenters. The van der Waals surface area contributed by atoms with Crippen LogP contribution in [-0.2, 0) is 11.3 Å². The quantitative estimate of drug-likeness (QED) is 0.519. The zero-order valence-electron chi connectivity index (χ0n) is 17.3. The van der Waals surface area contributed by atoms with E-state index in [0.717, 1.165) is 36.9 Å². The fourth-order valence-corrected chi connectivity index (χ4v) is 3.92. The van der Waals surface area contributed by atoms with Crippen LogP contribution in [-0.4, -0.2) is 64.8 Å². The summed E-state index contributed by atoms with van der Waals surface area (Å²) in [4.78, 5) is 2.06. The van der Waals surface area contributed by atoms with Gasteiger partial charge >= 0.3 is 0 Å². The molecule has 1 saturated heterocycles. The number of aliphatic hydroxyl groups is 3. The van der Waals surface area contributed by atoms with Crippen molar-refractivity contribution >= 4 is 0 Å². The number of ether oxygens (including phenoxy) is 1. The number of halogens is 1. The standard InChI is InChI=1S/C24H32FNO4/c25-22-7-3-2-6-21(22)19-10-8-18(9-11-19)17-30-13-5-1-4-12-26-15-24(29)23(28)14-20(26)16-27/h2-3,6-11,20,23-24,27-29H,1,4-5,12-17H2/t20-,23?,24+/m1/s1. The van der Waals surface area contributed by atoms with E-state index in [1.807, 2.05) is 30.3 Å². The largest absolute Gasteiger partial charge is 0.395 e. The summed E-state index contributed by atoms with van der Waals surface area (Å²) in [7, 11) is 0. The van der Waals surface area contributed by atoms with E-state index in [2.05, 4.69) is 4.90 Å². The highest BCUT2D eigenvalue weighted by Gasteiger charge is 2.32. The maximum atomic E-state index is 13.9. The Morgan fingerprint density at radius 2 is 1.73 bits per heavy atom. The van der Waals surface area contributed by atoms with E-state index >= 15 is 0 Å². The van der Waals surface area contributed by atoms with E-state index in [4.69, 9.17) is 4.74 Å². The second-order valence-corrected chi connectivity index (χ2v) is 7.99. The minimum Gasteiger partial charge on any atom is -0.395 e. The number of β-amino-alcohol motifs (C(OH)–C–C–N with tert-alkyl or cyclic N) is 1. The Bertz CT molecular complexity index is 770. The molecule has 30 heavy (non-hydrogen) atoms. The van der Waals surface area contributed by atoms with E-state index in [1.165, 1.54) is 6.07 Å². The Hall–Kier alpha value is -1.83. The van der Waals surface area contributed by atoms with Crippen molar-refractivity contribution in [1.29, 1.82) is 0 Å². The first-order chi connectivity index (χ1) is 14.6. The first-order valence-electron chi connectivity index (χ1n) is 10.7. The lowest BCUT2D eigenvalue weighted by Gasteiger charge is -2.39. The van der Waals surface area contributed by atoms with Gasteiger partial charge in [0.05, 0.1) is 25.4 Å². The van der Waals surface area contributed by atoms with Crippen molar-refractivity contribution in [3.8, 4) is 11.1 Å². The number of aliphatic hydroxyl groups excluding tert-OH is 3. The molecular formula is C24H32FNO4. The molecule has 0 saturated carbocycles. The fraction of sp³-hybridized carbons (Fsp3) is 0.500. The highest BCUT2D eigenvalue weighted by Crippen LogP contribution is 2.23. The van der Waals surface area contributed by atoms with Crippen LogP contribution in [0.5, 0.6) is 0 Å². The Morgan fingerprint density at radius 3 is 2.47 bits per heavy atom. The third-order valence-corrected chi connectivity index (χ3v) is 5.75. The van der Waals surface area contributed by atoms with Crippen LogP contribution in [0.2, 0.25) is 0 Å². The molecule has 2 aromatic carbocycles. The van der Waals surface area contributed by atoms with Gasteiger partial charge in [-0.05, 0) is 49.4 Å². The molecule has 0 spiro atoms. The number of benzene rings is 2. The summed E-state index contributed by atoms with van der Waals surface area (Å²) in [6.07, 6.45) is 1.83. The highest BCUT2D eigenvalue weighted by molar-refractivity contribution is 5.64.